The van der Waals surface area contributed by atoms with Crippen molar-refractivity contribution in [2.24, 2.45) is 0 Å². The quantitative estimate of drug-likeness (QED) is 0.787. The van der Waals surface area contributed by atoms with E-state index < -0.39 is 5.97 Å². The maximum absolute atomic E-state index is 12.6. The molecule has 1 saturated heterocycles. The van der Waals surface area contributed by atoms with Crippen molar-refractivity contribution >= 4 is 17.6 Å². The summed E-state index contributed by atoms with van der Waals surface area (Å²) in [5.41, 5.74) is 1.10. The molecule has 6 nitrogen and oxygen atoms in total. The van der Waals surface area contributed by atoms with Crippen LogP contribution in [0.3, 0.4) is 0 Å². The zero-order valence-electron chi connectivity index (χ0n) is 12.0. The summed E-state index contributed by atoms with van der Waals surface area (Å²) in [6.07, 6.45) is 1.72. The fourth-order valence-electron chi connectivity index (χ4n) is 2.51. The Kier molecular flexibility index (Phi) is 5.16. The number of aliphatic hydroxyl groups excluding tert-OH is 1. The molecule has 6 heteroatoms. The standard InChI is InChI=1S/C15H20N2O4/c1-21-14(19)9-16-13-7-3-2-6-12(13)15(20)17-8-4-5-11(17)10-18/h2-3,6-7,11,16,18H,4-5,8-10H2,1H3. The van der Waals surface area contributed by atoms with Crippen LogP contribution in [0.4, 0.5) is 5.69 Å². The minimum absolute atomic E-state index is 0.00419. The van der Waals surface area contributed by atoms with Crippen molar-refractivity contribution in [3.8, 4) is 0 Å². The topological polar surface area (TPSA) is 78.9 Å². The third-order valence-corrected chi connectivity index (χ3v) is 3.66. The highest BCUT2D eigenvalue weighted by Gasteiger charge is 2.29. The normalized spacial score (nSPS) is 17.6. The molecule has 1 aliphatic rings. The van der Waals surface area contributed by atoms with Gasteiger partial charge in [-0.2, -0.15) is 0 Å². The molecule has 21 heavy (non-hydrogen) atoms. The van der Waals surface area contributed by atoms with Crippen LogP contribution in [0.25, 0.3) is 0 Å². The Morgan fingerprint density at radius 2 is 2.19 bits per heavy atom. The molecular weight excluding hydrogens is 272 g/mol. The molecule has 1 amide bonds. The van der Waals surface area contributed by atoms with Gasteiger partial charge in [-0.25, -0.2) is 0 Å². The van der Waals surface area contributed by atoms with Crippen molar-refractivity contribution in [1.82, 2.24) is 4.90 Å². The molecule has 1 atom stereocenters. The molecule has 1 fully saturated rings. The molecule has 0 saturated carbocycles. The molecule has 1 aromatic rings. The van der Waals surface area contributed by atoms with Gasteiger partial charge in [0.15, 0.2) is 0 Å². The Balaban J connectivity index is 2.15. The van der Waals surface area contributed by atoms with Gasteiger partial charge in [0.05, 0.1) is 25.3 Å². The van der Waals surface area contributed by atoms with Crippen molar-refractivity contribution in [2.45, 2.75) is 18.9 Å². The zero-order chi connectivity index (χ0) is 15.2. The summed E-state index contributed by atoms with van der Waals surface area (Å²) in [6, 6.07) is 6.92. The zero-order valence-corrected chi connectivity index (χ0v) is 12.0. The van der Waals surface area contributed by atoms with E-state index in [4.69, 9.17) is 0 Å². The lowest BCUT2D eigenvalue weighted by Crippen LogP contribution is -2.38. The number of para-hydroxylation sites is 1. The maximum Gasteiger partial charge on any atom is 0.325 e. The van der Waals surface area contributed by atoms with E-state index in [0.717, 1.165) is 12.8 Å². The summed E-state index contributed by atoms with van der Waals surface area (Å²) in [7, 11) is 1.32. The van der Waals surface area contributed by atoms with Crippen molar-refractivity contribution in [2.75, 3.05) is 32.1 Å². The number of nitrogens with zero attached hydrogens (tertiary/aromatic N) is 1. The fraction of sp³-hybridized carbons (Fsp3) is 0.467. The molecule has 1 unspecified atom stereocenters. The summed E-state index contributed by atoms with van der Waals surface area (Å²) in [5, 5.41) is 12.3. The van der Waals surface area contributed by atoms with Crippen molar-refractivity contribution in [1.29, 1.82) is 0 Å². The van der Waals surface area contributed by atoms with Gasteiger partial charge in [0.25, 0.3) is 5.91 Å². The van der Waals surface area contributed by atoms with E-state index in [1.165, 1.54) is 7.11 Å². The van der Waals surface area contributed by atoms with E-state index in [2.05, 4.69) is 10.1 Å². The van der Waals surface area contributed by atoms with Gasteiger partial charge in [-0.15, -0.1) is 0 Å². The lowest BCUT2D eigenvalue weighted by molar-refractivity contribution is -0.138. The molecule has 0 spiro atoms. The Hall–Kier alpha value is -2.08. The van der Waals surface area contributed by atoms with Gasteiger partial charge in [-0.05, 0) is 25.0 Å². The smallest absolute Gasteiger partial charge is 0.325 e. The van der Waals surface area contributed by atoms with E-state index in [1.54, 1.807) is 29.2 Å². The van der Waals surface area contributed by atoms with Gasteiger partial charge in [0.2, 0.25) is 0 Å². The first-order valence-electron chi connectivity index (χ1n) is 6.99. The number of carbonyl (C=O) groups is 2. The average molecular weight is 292 g/mol. The molecular formula is C15H20N2O4. The van der Waals surface area contributed by atoms with Gasteiger partial charge in [0, 0.05) is 12.2 Å². The predicted octanol–water partition coefficient (Wildman–Crippen LogP) is 0.868. The monoisotopic (exact) mass is 292 g/mol. The highest BCUT2D eigenvalue weighted by molar-refractivity contribution is 6.00. The first-order valence-corrected chi connectivity index (χ1v) is 6.99. The Bertz CT molecular complexity index is 518. The number of ether oxygens (including phenoxy) is 1. The highest BCUT2D eigenvalue weighted by atomic mass is 16.5. The molecule has 2 N–H and O–H groups in total. The molecule has 0 bridgehead atoms. The number of rotatable bonds is 5. The summed E-state index contributed by atoms with van der Waals surface area (Å²) in [5.74, 6) is -0.522. The average Bonchev–Trinajstić information content (AvgIpc) is 3.00. The fourth-order valence-corrected chi connectivity index (χ4v) is 2.51. The highest BCUT2D eigenvalue weighted by Crippen LogP contribution is 2.23. The van der Waals surface area contributed by atoms with Gasteiger partial charge < -0.3 is 20.1 Å². The second-order valence-corrected chi connectivity index (χ2v) is 4.95. The number of hydrogen-bond acceptors (Lipinski definition) is 5. The number of aliphatic hydroxyl groups is 1. The van der Waals surface area contributed by atoms with Crippen LogP contribution in [0.1, 0.15) is 23.2 Å². The molecule has 0 aromatic heterocycles. The SMILES string of the molecule is COC(=O)CNc1ccccc1C(=O)N1CCCC1CO. The van der Waals surface area contributed by atoms with Crippen LogP contribution < -0.4 is 5.32 Å². The number of methoxy groups -OCH3 is 1. The van der Waals surface area contributed by atoms with Crippen molar-refractivity contribution < 1.29 is 19.4 Å². The molecule has 1 aliphatic heterocycles. The van der Waals surface area contributed by atoms with E-state index in [9.17, 15) is 14.7 Å². The number of nitrogens with one attached hydrogen (secondary N) is 1. The third-order valence-electron chi connectivity index (χ3n) is 3.66. The first kappa shape index (κ1) is 15.3. The Labute approximate surface area is 123 Å². The molecule has 1 aromatic carbocycles. The van der Waals surface area contributed by atoms with E-state index in [0.29, 0.717) is 17.8 Å². The molecule has 1 heterocycles. The van der Waals surface area contributed by atoms with E-state index in [-0.39, 0.29) is 25.1 Å². The summed E-state index contributed by atoms with van der Waals surface area (Å²) in [6.45, 7) is 0.628. The van der Waals surface area contributed by atoms with Crippen LogP contribution in [0.5, 0.6) is 0 Å². The van der Waals surface area contributed by atoms with Crippen molar-refractivity contribution in [3.63, 3.8) is 0 Å². The van der Waals surface area contributed by atoms with Gasteiger partial charge >= 0.3 is 5.97 Å². The van der Waals surface area contributed by atoms with E-state index in [1.807, 2.05) is 0 Å². The largest absolute Gasteiger partial charge is 0.468 e. The number of anilines is 1. The molecule has 0 aliphatic carbocycles. The van der Waals surface area contributed by atoms with Crippen LogP contribution >= 0.6 is 0 Å². The second-order valence-electron chi connectivity index (χ2n) is 4.95. The van der Waals surface area contributed by atoms with Crippen LogP contribution in [-0.2, 0) is 9.53 Å². The van der Waals surface area contributed by atoms with Crippen LogP contribution in [-0.4, -0.2) is 54.7 Å². The molecule has 114 valence electrons. The predicted molar refractivity (Wildman–Crippen MR) is 78.1 cm³/mol. The number of amides is 1. The number of carbonyl (C=O) groups excluding carboxylic acids is 2. The Morgan fingerprint density at radius 1 is 1.43 bits per heavy atom. The molecule has 2 rings (SSSR count). The number of benzene rings is 1. The minimum atomic E-state index is -0.397. The van der Waals surface area contributed by atoms with Crippen LogP contribution in [0, 0.1) is 0 Å². The number of esters is 1. The third kappa shape index (κ3) is 3.52. The van der Waals surface area contributed by atoms with Crippen LogP contribution in [0.15, 0.2) is 24.3 Å². The van der Waals surface area contributed by atoms with E-state index >= 15 is 0 Å². The summed E-state index contributed by atoms with van der Waals surface area (Å²) < 4.78 is 4.58. The van der Waals surface area contributed by atoms with Crippen molar-refractivity contribution in [3.05, 3.63) is 29.8 Å². The van der Waals surface area contributed by atoms with Gasteiger partial charge in [0.1, 0.15) is 6.54 Å². The van der Waals surface area contributed by atoms with Gasteiger partial charge in [-0.1, -0.05) is 12.1 Å². The Morgan fingerprint density at radius 3 is 2.90 bits per heavy atom. The number of hydrogen-bond donors (Lipinski definition) is 2. The minimum Gasteiger partial charge on any atom is -0.468 e. The first-order chi connectivity index (χ1) is 10.2. The number of likely N-dealkylation sites (tertiary alicyclic amines) is 1. The summed E-state index contributed by atoms with van der Waals surface area (Å²) >= 11 is 0. The van der Waals surface area contributed by atoms with Gasteiger partial charge in [-0.3, -0.25) is 9.59 Å². The summed E-state index contributed by atoms with van der Waals surface area (Å²) in [4.78, 5) is 25.5. The van der Waals surface area contributed by atoms with Crippen LogP contribution in [0.2, 0.25) is 0 Å². The maximum atomic E-state index is 12.6. The lowest BCUT2D eigenvalue weighted by atomic mass is 10.1. The second kappa shape index (κ2) is 7.08. The lowest BCUT2D eigenvalue weighted by Gasteiger charge is -2.24. The molecule has 0 radical (unpaired) electrons.